The van der Waals surface area contributed by atoms with E-state index in [-0.39, 0.29) is 30.9 Å². The number of nitrogens with one attached hydrogen (secondary N) is 1. The van der Waals surface area contributed by atoms with Gasteiger partial charge in [0.2, 0.25) is 0 Å². The molecule has 0 aromatic heterocycles. The van der Waals surface area contributed by atoms with Crippen LogP contribution in [-0.2, 0) is 14.3 Å². The zero-order chi connectivity index (χ0) is 22.1. The van der Waals surface area contributed by atoms with E-state index in [2.05, 4.69) is 5.32 Å². The smallest absolute Gasteiger partial charge is 0.308 e. The van der Waals surface area contributed by atoms with Crippen molar-refractivity contribution in [2.45, 2.75) is 50.6 Å². The third-order valence-corrected chi connectivity index (χ3v) is 5.79. The minimum atomic E-state index is -0.549. The molecule has 0 radical (unpaired) electrons. The first-order chi connectivity index (χ1) is 15.0. The Hall–Kier alpha value is -3.15. The topological polar surface area (TPSA) is 75.7 Å². The molecule has 2 aromatic rings. The van der Waals surface area contributed by atoms with Crippen LogP contribution in [0, 0.1) is 0 Å². The Morgan fingerprint density at radius 1 is 0.968 bits per heavy atom. The summed E-state index contributed by atoms with van der Waals surface area (Å²) in [6, 6.07) is 17.8. The van der Waals surface area contributed by atoms with Crippen molar-refractivity contribution in [3.8, 4) is 0 Å². The van der Waals surface area contributed by atoms with Gasteiger partial charge in [-0.05, 0) is 30.5 Å². The molecular weight excluding hydrogens is 392 g/mol. The van der Waals surface area contributed by atoms with Crippen molar-refractivity contribution in [1.29, 1.82) is 0 Å². The third-order valence-electron chi connectivity index (χ3n) is 5.79. The Morgan fingerprint density at radius 3 is 2.23 bits per heavy atom. The van der Waals surface area contributed by atoms with Crippen molar-refractivity contribution < 1.29 is 19.1 Å². The summed E-state index contributed by atoms with van der Waals surface area (Å²) < 4.78 is 5.27. The largest absolute Gasteiger partial charge is 0.455 e. The van der Waals surface area contributed by atoms with Crippen LogP contribution in [-0.4, -0.2) is 42.4 Å². The maximum Gasteiger partial charge on any atom is 0.308 e. The van der Waals surface area contributed by atoms with Crippen LogP contribution >= 0.6 is 0 Å². The van der Waals surface area contributed by atoms with Gasteiger partial charge in [0.25, 0.3) is 11.8 Å². The SMILES string of the molecule is CN(C(=O)COC(=O)CC(NC(=O)c1ccccc1)c1ccccc1)C1CCCCC1. The van der Waals surface area contributed by atoms with Crippen molar-refractivity contribution in [3.05, 3.63) is 71.8 Å². The molecule has 1 aliphatic carbocycles. The number of likely N-dealkylation sites (N-methyl/N-ethyl adjacent to an activating group) is 1. The molecule has 2 amide bonds. The summed E-state index contributed by atoms with van der Waals surface area (Å²) >= 11 is 0. The second kappa shape index (κ2) is 11.3. The molecule has 1 saturated carbocycles. The first-order valence-corrected chi connectivity index (χ1v) is 10.9. The van der Waals surface area contributed by atoms with Crippen molar-refractivity contribution in [2.24, 2.45) is 0 Å². The molecule has 1 unspecified atom stereocenters. The zero-order valence-corrected chi connectivity index (χ0v) is 18.0. The van der Waals surface area contributed by atoms with Crippen LogP contribution in [0.25, 0.3) is 0 Å². The molecule has 1 atom stereocenters. The van der Waals surface area contributed by atoms with E-state index in [0.29, 0.717) is 5.56 Å². The average Bonchev–Trinajstić information content (AvgIpc) is 2.83. The monoisotopic (exact) mass is 422 g/mol. The number of amides is 2. The lowest BCUT2D eigenvalue weighted by molar-refractivity contribution is -0.153. The first-order valence-electron chi connectivity index (χ1n) is 10.9. The van der Waals surface area contributed by atoms with Gasteiger partial charge in [0.15, 0.2) is 6.61 Å². The van der Waals surface area contributed by atoms with E-state index < -0.39 is 12.0 Å². The Labute approximate surface area is 183 Å². The normalized spacial score (nSPS) is 15.0. The predicted molar refractivity (Wildman–Crippen MR) is 118 cm³/mol. The number of rotatable bonds is 8. The lowest BCUT2D eigenvalue weighted by atomic mass is 9.94. The number of benzene rings is 2. The fraction of sp³-hybridized carbons (Fsp3) is 0.400. The molecule has 0 aliphatic heterocycles. The summed E-state index contributed by atoms with van der Waals surface area (Å²) in [4.78, 5) is 39.3. The molecule has 164 valence electrons. The lowest BCUT2D eigenvalue weighted by Crippen LogP contribution is -2.40. The van der Waals surface area contributed by atoms with Gasteiger partial charge in [-0.1, -0.05) is 67.8 Å². The predicted octanol–water partition coefficient (Wildman–Crippen LogP) is 3.88. The summed E-state index contributed by atoms with van der Waals surface area (Å²) in [6.45, 7) is -0.278. The van der Waals surface area contributed by atoms with Crippen LogP contribution in [0.5, 0.6) is 0 Å². The molecule has 0 saturated heterocycles. The van der Waals surface area contributed by atoms with Gasteiger partial charge in [-0.15, -0.1) is 0 Å². The van der Waals surface area contributed by atoms with Crippen LogP contribution in [0.4, 0.5) is 0 Å². The lowest BCUT2D eigenvalue weighted by Gasteiger charge is -2.31. The van der Waals surface area contributed by atoms with Gasteiger partial charge in [0.1, 0.15) is 0 Å². The standard InChI is InChI=1S/C25H30N2O4/c1-27(21-15-9-4-10-16-21)23(28)18-31-24(29)17-22(19-11-5-2-6-12-19)26-25(30)20-13-7-3-8-14-20/h2-3,5-8,11-14,21-22H,4,9-10,15-18H2,1H3,(H,26,30). The van der Waals surface area contributed by atoms with E-state index in [4.69, 9.17) is 4.74 Å². The summed E-state index contributed by atoms with van der Waals surface area (Å²) in [5, 5.41) is 2.91. The average molecular weight is 423 g/mol. The molecule has 31 heavy (non-hydrogen) atoms. The van der Waals surface area contributed by atoms with E-state index in [9.17, 15) is 14.4 Å². The fourth-order valence-corrected chi connectivity index (χ4v) is 3.91. The summed E-state index contributed by atoms with van der Waals surface area (Å²) in [7, 11) is 1.78. The van der Waals surface area contributed by atoms with E-state index >= 15 is 0 Å². The third kappa shape index (κ3) is 6.67. The number of esters is 1. The Kier molecular flexibility index (Phi) is 8.21. The molecule has 6 heteroatoms. The molecule has 0 bridgehead atoms. The van der Waals surface area contributed by atoms with Crippen molar-refractivity contribution >= 4 is 17.8 Å². The summed E-state index contributed by atoms with van der Waals surface area (Å²) in [5.41, 5.74) is 1.32. The highest BCUT2D eigenvalue weighted by atomic mass is 16.5. The van der Waals surface area contributed by atoms with Crippen LogP contribution in [0.1, 0.15) is 60.5 Å². The molecule has 0 heterocycles. The zero-order valence-electron chi connectivity index (χ0n) is 18.0. The van der Waals surface area contributed by atoms with Gasteiger partial charge in [0.05, 0.1) is 12.5 Å². The van der Waals surface area contributed by atoms with Crippen molar-refractivity contribution in [1.82, 2.24) is 10.2 Å². The highest BCUT2D eigenvalue weighted by Gasteiger charge is 2.24. The quantitative estimate of drug-likeness (QED) is 0.655. The van der Waals surface area contributed by atoms with Gasteiger partial charge in [-0.3, -0.25) is 14.4 Å². The molecule has 2 aromatic carbocycles. The number of ether oxygens (including phenoxy) is 1. The number of carbonyl (C=O) groups is 3. The van der Waals surface area contributed by atoms with Crippen LogP contribution < -0.4 is 5.32 Å². The molecule has 0 spiro atoms. The van der Waals surface area contributed by atoms with Crippen LogP contribution in [0.2, 0.25) is 0 Å². The van der Waals surface area contributed by atoms with Gasteiger partial charge < -0.3 is 15.0 Å². The van der Waals surface area contributed by atoms with E-state index in [1.165, 1.54) is 6.42 Å². The van der Waals surface area contributed by atoms with Gasteiger partial charge >= 0.3 is 5.97 Å². The maximum atomic E-state index is 12.6. The number of hydrogen-bond acceptors (Lipinski definition) is 4. The van der Waals surface area contributed by atoms with Crippen molar-refractivity contribution in [3.63, 3.8) is 0 Å². The van der Waals surface area contributed by atoms with Gasteiger partial charge in [-0.25, -0.2) is 0 Å². The molecular formula is C25H30N2O4. The van der Waals surface area contributed by atoms with E-state index in [1.54, 1.807) is 36.2 Å². The molecule has 1 aliphatic rings. The maximum absolute atomic E-state index is 12.6. The number of hydrogen-bond donors (Lipinski definition) is 1. The first kappa shape index (κ1) is 22.5. The molecule has 1 N–H and O–H groups in total. The van der Waals surface area contributed by atoms with Gasteiger partial charge in [-0.2, -0.15) is 0 Å². The highest BCUT2D eigenvalue weighted by Crippen LogP contribution is 2.22. The summed E-state index contributed by atoms with van der Waals surface area (Å²) in [6.07, 6.45) is 5.41. The Bertz CT molecular complexity index is 864. The van der Waals surface area contributed by atoms with E-state index in [0.717, 1.165) is 31.2 Å². The second-order valence-corrected chi connectivity index (χ2v) is 7.96. The van der Waals surface area contributed by atoms with E-state index in [1.807, 2.05) is 36.4 Å². The van der Waals surface area contributed by atoms with Crippen LogP contribution in [0.3, 0.4) is 0 Å². The Balaban J connectivity index is 1.58. The number of carbonyl (C=O) groups excluding carboxylic acids is 3. The van der Waals surface area contributed by atoms with Gasteiger partial charge in [0, 0.05) is 18.7 Å². The highest BCUT2D eigenvalue weighted by molar-refractivity contribution is 5.94. The summed E-state index contributed by atoms with van der Waals surface area (Å²) in [5.74, 6) is -0.979. The minimum absolute atomic E-state index is 0.0526. The van der Waals surface area contributed by atoms with Crippen molar-refractivity contribution in [2.75, 3.05) is 13.7 Å². The number of nitrogens with zero attached hydrogens (tertiary/aromatic N) is 1. The molecule has 3 rings (SSSR count). The molecule has 6 nitrogen and oxygen atoms in total. The Morgan fingerprint density at radius 2 is 1.58 bits per heavy atom. The second-order valence-electron chi connectivity index (χ2n) is 7.96. The fourth-order valence-electron chi connectivity index (χ4n) is 3.91. The van der Waals surface area contributed by atoms with Crippen LogP contribution in [0.15, 0.2) is 60.7 Å². The minimum Gasteiger partial charge on any atom is -0.455 e. The molecule has 1 fully saturated rings.